The molecule has 0 radical (unpaired) electrons. The van der Waals surface area contributed by atoms with Crippen LogP contribution in [0.3, 0.4) is 0 Å². The third kappa shape index (κ3) is 4.23. The highest BCUT2D eigenvalue weighted by molar-refractivity contribution is 9.10. The van der Waals surface area contributed by atoms with Crippen LogP contribution in [-0.4, -0.2) is 26.8 Å². The number of nitrogens with one attached hydrogen (secondary N) is 1. The predicted octanol–water partition coefficient (Wildman–Crippen LogP) is 2.93. The van der Waals surface area contributed by atoms with Crippen molar-refractivity contribution in [2.75, 3.05) is 5.75 Å². The number of aryl methyl sites for hydroxylation is 2. The molecular formula is C14H25BrN4S. The molecule has 1 saturated carbocycles. The highest BCUT2D eigenvalue weighted by atomic mass is 79.9. The molecule has 0 saturated heterocycles. The number of aromatic nitrogens is 2. The summed E-state index contributed by atoms with van der Waals surface area (Å²) in [7, 11) is 1.99. The molecule has 1 unspecified atom stereocenters. The molecule has 0 spiro atoms. The van der Waals surface area contributed by atoms with Crippen molar-refractivity contribution in [1.29, 1.82) is 0 Å². The highest BCUT2D eigenvalue weighted by Crippen LogP contribution is 2.29. The fourth-order valence-corrected chi connectivity index (χ4v) is 4.67. The Kier molecular flexibility index (Phi) is 6.39. The van der Waals surface area contributed by atoms with Crippen LogP contribution < -0.4 is 11.3 Å². The maximum absolute atomic E-state index is 5.73. The molecule has 2 rings (SSSR count). The van der Waals surface area contributed by atoms with Gasteiger partial charge in [-0.1, -0.05) is 19.3 Å². The second kappa shape index (κ2) is 7.82. The van der Waals surface area contributed by atoms with Crippen LogP contribution in [-0.2, 0) is 13.5 Å². The summed E-state index contributed by atoms with van der Waals surface area (Å²) in [6.07, 6.45) is 7.85. The van der Waals surface area contributed by atoms with Gasteiger partial charge in [0.05, 0.1) is 15.9 Å². The normalized spacial score (nSPS) is 18.4. The zero-order valence-corrected chi connectivity index (χ0v) is 14.8. The second-order valence-corrected chi connectivity index (χ2v) is 7.76. The molecule has 1 atom stereocenters. The van der Waals surface area contributed by atoms with E-state index in [1.165, 1.54) is 37.8 Å². The van der Waals surface area contributed by atoms with E-state index in [1.807, 2.05) is 18.7 Å². The molecule has 6 heteroatoms. The van der Waals surface area contributed by atoms with E-state index in [-0.39, 0.29) is 0 Å². The Balaban J connectivity index is 1.88. The van der Waals surface area contributed by atoms with Crippen LogP contribution in [0, 0.1) is 6.92 Å². The topological polar surface area (TPSA) is 55.9 Å². The maximum Gasteiger partial charge on any atom is 0.0738 e. The van der Waals surface area contributed by atoms with Gasteiger partial charge in [-0.05, 0) is 35.7 Å². The number of rotatable bonds is 6. The summed E-state index contributed by atoms with van der Waals surface area (Å²) in [5, 5.41) is 5.27. The van der Waals surface area contributed by atoms with E-state index in [2.05, 4.69) is 38.2 Å². The van der Waals surface area contributed by atoms with Crippen molar-refractivity contribution < 1.29 is 0 Å². The fourth-order valence-electron chi connectivity index (χ4n) is 2.79. The van der Waals surface area contributed by atoms with Gasteiger partial charge in [-0.3, -0.25) is 16.0 Å². The SMILES string of the molecule is Cc1nn(C)c(CC(CSC2CCCCC2)NN)c1Br. The Morgan fingerprint density at radius 1 is 1.45 bits per heavy atom. The third-order valence-corrected chi connectivity index (χ3v) is 6.59. The van der Waals surface area contributed by atoms with Crippen molar-refractivity contribution in [3.05, 3.63) is 15.9 Å². The molecule has 0 aromatic carbocycles. The van der Waals surface area contributed by atoms with Crippen molar-refractivity contribution in [2.45, 2.75) is 56.7 Å². The van der Waals surface area contributed by atoms with Gasteiger partial charge in [0.1, 0.15) is 0 Å². The van der Waals surface area contributed by atoms with E-state index >= 15 is 0 Å². The Bertz CT molecular complexity index is 429. The van der Waals surface area contributed by atoms with Crippen molar-refractivity contribution >= 4 is 27.7 Å². The molecule has 0 amide bonds. The average molecular weight is 361 g/mol. The van der Waals surface area contributed by atoms with E-state index in [0.29, 0.717) is 6.04 Å². The smallest absolute Gasteiger partial charge is 0.0738 e. The van der Waals surface area contributed by atoms with Crippen LogP contribution in [0.15, 0.2) is 4.47 Å². The lowest BCUT2D eigenvalue weighted by atomic mass is 10.0. The Labute approximate surface area is 134 Å². The predicted molar refractivity (Wildman–Crippen MR) is 89.8 cm³/mol. The number of hydrogen-bond acceptors (Lipinski definition) is 4. The first kappa shape index (κ1) is 16.3. The number of thioether (sulfide) groups is 1. The molecule has 3 N–H and O–H groups in total. The van der Waals surface area contributed by atoms with Gasteiger partial charge in [0.15, 0.2) is 0 Å². The van der Waals surface area contributed by atoms with E-state index in [9.17, 15) is 0 Å². The van der Waals surface area contributed by atoms with E-state index in [1.54, 1.807) is 0 Å². The molecule has 1 aromatic heterocycles. The summed E-state index contributed by atoms with van der Waals surface area (Å²) < 4.78 is 3.07. The van der Waals surface area contributed by atoms with Crippen molar-refractivity contribution in [1.82, 2.24) is 15.2 Å². The summed E-state index contributed by atoms with van der Waals surface area (Å²) >= 11 is 5.71. The first-order valence-electron chi connectivity index (χ1n) is 7.37. The molecule has 1 aliphatic rings. The Morgan fingerprint density at radius 2 is 2.15 bits per heavy atom. The van der Waals surface area contributed by atoms with Crippen LogP contribution in [0.4, 0.5) is 0 Å². The largest absolute Gasteiger partial charge is 0.271 e. The van der Waals surface area contributed by atoms with Crippen molar-refractivity contribution in [3.63, 3.8) is 0 Å². The van der Waals surface area contributed by atoms with Gasteiger partial charge in [0, 0.05) is 30.5 Å². The molecule has 1 aliphatic carbocycles. The molecule has 1 fully saturated rings. The summed E-state index contributed by atoms with van der Waals surface area (Å²) in [5.41, 5.74) is 5.23. The number of hydrazine groups is 1. The first-order chi connectivity index (χ1) is 9.61. The molecule has 4 nitrogen and oxygen atoms in total. The third-order valence-electron chi connectivity index (χ3n) is 4.02. The molecule has 0 bridgehead atoms. The lowest BCUT2D eigenvalue weighted by Crippen LogP contribution is -2.39. The highest BCUT2D eigenvalue weighted by Gasteiger charge is 2.19. The Morgan fingerprint density at radius 3 is 2.70 bits per heavy atom. The van der Waals surface area contributed by atoms with Crippen molar-refractivity contribution in [2.24, 2.45) is 12.9 Å². The first-order valence-corrected chi connectivity index (χ1v) is 9.21. The minimum absolute atomic E-state index is 0.299. The Hall–Kier alpha value is -0.0400. The lowest BCUT2D eigenvalue weighted by Gasteiger charge is -2.23. The minimum atomic E-state index is 0.299. The zero-order chi connectivity index (χ0) is 14.5. The van der Waals surface area contributed by atoms with E-state index in [4.69, 9.17) is 5.84 Å². The van der Waals surface area contributed by atoms with Crippen LogP contribution in [0.5, 0.6) is 0 Å². The molecule has 1 aromatic rings. The van der Waals surface area contributed by atoms with Gasteiger partial charge in [-0.2, -0.15) is 16.9 Å². The second-order valence-electron chi connectivity index (χ2n) is 5.63. The standard InChI is InChI=1S/C14H25BrN4S/c1-10-14(15)13(19(2)18-10)8-11(17-16)9-20-12-6-4-3-5-7-12/h11-12,17H,3-9,16H2,1-2H3. The van der Waals surface area contributed by atoms with E-state index in [0.717, 1.165) is 27.6 Å². The lowest BCUT2D eigenvalue weighted by molar-refractivity contribution is 0.511. The fraction of sp³-hybridized carbons (Fsp3) is 0.786. The monoisotopic (exact) mass is 360 g/mol. The summed E-state index contributed by atoms with van der Waals surface area (Å²) in [5.74, 6) is 6.80. The van der Waals surface area contributed by atoms with Gasteiger partial charge in [0.25, 0.3) is 0 Å². The summed E-state index contributed by atoms with van der Waals surface area (Å²) in [6.45, 7) is 2.02. The maximum atomic E-state index is 5.73. The van der Waals surface area contributed by atoms with Gasteiger partial charge in [-0.15, -0.1) is 0 Å². The summed E-state index contributed by atoms with van der Waals surface area (Å²) in [4.78, 5) is 0. The molecule has 20 heavy (non-hydrogen) atoms. The molecule has 1 heterocycles. The van der Waals surface area contributed by atoms with E-state index < -0.39 is 0 Å². The number of halogens is 1. The van der Waals surface area contributed by atoms with Crippen LogP contribution in [0.2, 0.25) is 0 Å². The van der Waals surface area contributed by atoms with Crippen molar-refractivity contribution in [3.8, 4) is 0 Å². The zero-order valence-electron chi connectivity index (χ0n) is 12.4. The number of nitrogens with two attached hydrogens (primary N) is 1. The van der Waals surface area contributed by atoms with Crippen LogP contribution in [0.1, 0.15) is 43.5 Å². The number of nitrogens with zero attached hydrogens (tertiary/aromatic N) is 2. The molecule has 114 valence electrons. The van der Waals surface area contributed by atoms with Gasteiger partial charge >= 0.3 is 0 Å². The number of hydrogen-bond donors (Lipinski definition) is 2. The van der Waals surface area contributed by atoms with Crippen LogP contribution in [0.25, 0.3) is 0 Å². The molecule has 0 aliphatic heterocycles. The quantitative estimate of drug-likeness (QED) is 0.604. The van der Waals surface area contributed by atoms with Gasteiger partial charge in [0.2, 0.25) is 0 Å². The van der Waals surface area contributed by atoms with Crippen LogP contribution >= 0.6 is 27.7 Å². The summed E-state index contributed by atoms with van der Waals surface area (Å²) in [6, 6.07) is 0.299. The molecular weight excluding hydrogens is 336 g/mol. The van der Waals surface area contributed by atoms with Gasteiger partial charge < -0.3 is 0 Å². The van der Waals surface area contributed by atoms with Gasteiger partial charge in [-0.25, -0.2) is 0 Å². The minimum Gasteiger partial charge on any atom is -0.271 e. The average Bonchev–Trinajstić information content (AvgIpc) is 2.70.